The number of aromatic amines is 2. The van der Waals surface area contributed by atoms with Crippen LogP contribution in [-0.2, 0) is 39.5 Å². The van der Waals surface area contributed by atoms with Gasteiger partial charge in [-0.3, -0.25) is 14.6 Å². The number of aromatic nitrogens is 4. The van der Waals surface area contributed by atoms with Gasteiger partial charge in [0.2, 0.25) is 0 Å². The van der Waals surface area contributed by atoms with Crippen molar-refractivity contribution in [1.82, 2.24) is 19.9 Å². The molecule has 3 aromatic rings. The summed E-state index contributed by atoms with van der Waals surface area (Å²) in [5.41, 5.74) is 9.27. The Balaban J connectivity index is 0.00000288. The monoisotopic (exact) mass is 687 g/mol. The van der Waals surface area contributed by atoms with Crippen molar-refractivity contribution in [3.05, 3.63) is 81.4 Å². The van der Waals surface area contributed by atoms with E-state index < -0.39 is 30.2 Å². The van der Waals surface area contributed by atoms with Crippen LogP contribution < -0.4 is 0 Å². The Hall–Kier alpha value is -4.25. The van der Waals surface area contributed by atoms with Crippen LogP contribution in [0.1, 0.15) is 101 Å². The smallest absolute Gasteiger partial charge is 0.338 e. The first-order valence-electron chi connectivity index (χ1n) is 14.6. The van der Waals surface area contributed by atoms with Crippen molar-refractivity contribution in [2.45, 2.75) is 72.1 Å². The van der Waals surface area contributed by atoms with Crippen LogP contribution in [0, 0.1) is 13.8 Å². The minimum atomic E-state index is -1.20. The molecule has 2 aliphatic rings. The number of H-pyrrole nitrogens is 2. The molecule has 8 bridgehead atoms. The molecule has 5 rings (SSSR count). The predicted octanol–water partition coefficient (Wildman–Crippen LogP) is 6.30. The van der Waals surface area contributed by atoms with Gasteiger partial charge in [-0.05, 0) is 74.1 Å². The van der Waals surface area contributed by atoms with Crippen LogP contribution in [0.2, 0.25) is 0 Å². The molecule has 0 unspecified atom stereocenters. The second-order valence-corrected chi connectivity index (χ2v) is 11.5. The van der Waals surface area contributed by atoms with E-state index in [1.807, 2.05) is 45.9 Å². The molecule has 10 nitrogen and oxygen atoms in total. The van der Waals surface area contributed by atoms with Crippen LogP contribution in [0.15, 0.2) is 30.9 Å². The van der Waals surface area contributed by atoms with E-state index in [1.54, 1.807) is 13.0 Å². The van der Waals surface area contributed by atoms with E-state index in [9.17, 15) is 29.7 Å². The average molecular weight is 688 g/mol. The first-order chi connectivity index (χ1) is 20.9. The molecule has 5 N–H and O–H groups in total. The van der Waals surface area contributed by atoms with Gasteiger partial charge in [0.05, 0.1) is 34.6 Å². The molecule has 2 atom stereocenters. The van der Waals surface area contributed by atoms with Crippen molar-refractivity contribution in [2.75, 3.05) is 0 Å². The number of hydrogen-bond acceptors (Lipinski definition) is 5. The summed E-state index contributed by atoms with van der Waals surface area (Å²) >= 11 is 0. The molecule has 5 radical (unpaired) electrons. The zero-order chi connectivity index (χ0) is 32.0. The van der Waals surface area contributed by atoms with Crippen LogP contribution in [0.5, 0.6) is 0 Å². The summed E-state index contributed by atoms with van der Waals surface area (Å²) in [6.45, 7) is 13.7. The number of fused-ring (bicyclic) bond motifs is 8. The zero-order valence-electron chi connectivity index (χ0n) is 26.3. The number of rotatable bonds is 8. The molecule has 12 heteroatoms. The Morgan fingerprint density at radius 3 is 2.17 bits per heavy atom. The fourth-order valence-corrected chi connectivity index (χ4v) is 6.53. The second-order valence-electron chi connectivity index (χ2n) is 11.5. The number of nitrogens with one attached hydrogen (secondary N) is 2. The Kier molecular flexibility index (Phi) is 11.0. The Bertz CT molecular complexity index is 1960. The first-order valence-corrected chi connectivity index (χ1v) is 14.6. The van der Waals surface area contributed by atoms with Crippen molar-refractivity contribution in [3.63, 3.8) is 0 Å². The molecule has 0 saturated heterocycles. The van der Waals surface area contributed by atoms with Crippen LogP contribution in [0.3, 0.4) is 0 Å². The van der Waals surface area contributed by atoms with E-state index >= 15 is 0 Å². The third kappa shape index (κ3) is 6.38. The van der Waals surface area contributed by atoms with E-state index in [2.05, 4.69) is 16.5 Å². The van der Waals surface area contributed by atoms with Gasteiger partial charge in [-0.2, -0.15) is 0 Å². The van der Waals surface area contributed by atoms with Gasteiger partial charge in [0.25, 0.3) is 0 Å². The maximum absolute atomic E-state index is 12.7. The van der Waals surface area contributed by atoms with Gasteiger partial charge in [0, 0.05) is 79.7 Å². The molecule has 0 aromatic carbocycles. The summed E-state index contributed by atoms with van der Waals surface area (Å²) in [4.78, 5) is 53.2. The number of nitrogens with zero attached hydrogens (tertiary/aromatic N) is 2. The fourth-order valence-electron chi connectivity index (χ4n) is 6.53. The van der Waals surface area contributed by atoms with Gasteiger partial charge < -0.3 is 25.3 Å². The molecule has 0 fully saturated rings. The quantitative estimate of drug-likeness (QED) is 0.172. The van der Waals surface area contributed by atoms with E-state index in [-0.39, 0.29) is 63.4 Å². The number of aryl methyl sites for hydroxylation is 3. The second kappa shape index (κ2) is 14.0. The molecule has 0 spiro atoms. The third-order valence-electron chi connectivity index (χ3n) is 8.95. The summed E-state index contributed by atoms with van der Waals surface area (Å²) in [5.74, 6) is -4.08. The summed E-state index contributed by atoms with van der Waals surface area (Å²) in [6, 6.07) is 5.70. The van der Waals surface area contributed by atoms with Crippen molar-refractivity contribution >= 4 is 62.1 Å². The number of aromatic carboxylic acids is 1. The van der Waals surface area contributed by atoms with E-state index in [1.165, 1.54) is 0 Å². The number of hydrogen-bond donors (Lipinski definition) is 5. The van der Waals surface area contributed by atoms with Crippen molar-refractivity contribution < 1.29 is 46.8 Å². The van der Waals surface area contributed by atoms with Gasteiger partial charge >= 0.3 is 17.9 Å². The fraction of sp³-hybridized carbons (Fsp3) is 0.324. The maximum atomic E-state index is 12.7. The van der Waals surface area contributed by atoms with Crippen LogP contribution in [0.25, 0.3) is 33.2 Å². The first kappa shape index (κ1) is 36.2. The van der Waals surface area contributed by atoms with Gasteiger partial charge in [-0.25, -0.2) is 9.78 Å². The molecule has 0 saturated carbocycles. The van der Waals surface area contributed by atoms with E-state index in [4.69, 9.17) is 9.97 Å². The molecular formula is C34H36CuN4O6Si. The Morgan fingerprint density at radius 1 is 0.913 bits per heavy atom. The van der Waals surface area contributed by atoms with Gasteiger partial charge in [-0.1, -0.05) is 26.5 Å². The van der Waals surface area contributed by atoms with Crippen molar-refractivity contribution in [3.8, 4) is 0 Å². The van der Waals surface area contributed by atoms with E-state index in [0.29, 0.717) is 28.2 Å². The average Bonchev–Trinajstić information content (AvgIpc) is 3.63. The van der Waals surface area contributed by atoms with Crippen LogP contribution in [-0.4, -0.2) is 64.1 Å². The minimum Gasteiger partial charge on any atom is -0.481 e. The maximum Gasteiger partial charge on any atom is 0.338 e. The molecule has 0 aliphatic carbocycles. The molecule has 0 amide bonds. The summed E-state index contributed by atoms with van der Waals surface area (Å²) in [7, 11) is 0. The molecular weight excluding hydrogens is 652 g/mol. The largest absolute Gasteiger partial charge is 0.481 e. The van der Waals surface area contributed by atoms with Crippen LogP contribution >= 0.6 is 0 Å². The molecule has 3 aromatic heterocycles. The normalized spacial score (nSPS) is 15.6. The zero-order valence-corrected chi connectivity index (χ0v) is 28.2. The number of allylic oxidation sites excluding steroid dienone is 3. The minimum absolute atomic E-state index is 0. The number of aliphatic carboxylic acids is 2. The van der Waals surface area contributed by atoms with Gasteiger partial charge in [0.15, 0.2) is 0 Å². The summed E-state index contributed by atoms with van der Waals surface area (Å²) in [5, 5.41) is 29.9. The molecule has 2 aliphatic heterocycles. The number of carbonyl (C=O) groups is 3. The third-order valence-corrected chi connectivity index (χ3v) is 8.95. The van der Waals surface area contributed by atoms with Crippen molar-refractivity contribution in [1.29, 1.82) is 0 Å². The topological polar surface area (TPSA) is 169 Å². The summed E-state index contributed by atoms with van der Waals surface area (Å²) < 4.78 is 0. The number of carboxylic acid groups (broad SMARTS) is 3. The summed E-state index contributed by atoms with van der Waals surface area (Å²) in [6.07, 6.45) is 2.04. The van der Waals surface area contributed by atoms with Crippen molar-refractivity contribution in [2.24, 2.45) is 0 Å². The van der Waals surface area contributed by atoms with Gasteiger partial charge in [0.1, 0.15) is 0 Å². The number of carboxylic acids is 3. The molecule has 243 valence electrons. The van der Waals surface area contributed by atoms with Gasteiger partial charge in [-0.15, -0.1) is 0 Å². The predicted molar refractivity (Wildman–Crippen MR) is 175 cm³/mol. The molecule has 46 heavy (non-hydrogen) atoms. The SMILES string of the molecule is C=CC1=C(C)c2cc3nc(c(CC(=O)O)c4[nH]c(cc5[nH]c(cc1n2)c(C)c5CC)c(C)c4C(=O)O)[C@@H](CCC(=O)O)[C@@H]3C.[Cu].[Si]. The Labute approximate surface area is 281 Å². The molecule has 5 heterocycles. The van der Waals surface area contributed by atoms with E-state index in [0.717, 1.165) is 45.4 Å². The van der Waals surface area contributed by atoms with Crippen LogP contribution in [0.4, 0.5) is 0 Å². The standard InChI is InChI=1S/C34H36N4O6.Cu.Si/c1-7-19-15(3)23-12-25-17(5)21(9-10-29(39)40)32(37-25)22(11-30(41)42)33-31(34(43)44)18(6)26(38-33)14-28-20(8-2)16(4)24(36-28)13-27(19)35-23;;/h7,12-14,17,21,36,38H,1,8-11H2,2-6H3,(H,39,40)(H,41,42)(H,43,44);;/t17-,21-;;/m0../s1. The Morgan fingerprint density at radius 2 is 1.59 bits per heavy atom.